The minimum Gasteiger partial charge on any atom is -0.354 e. The Morgan fingerprint density at radius 2 is 1.75 bits per heavy atom. The molecule has 0 saturated carbocycles. The maximum absolute atomic E-state index is 12.7. The molecule has 0 spiro atoms. The monoisotopic (exact) mass is 413 g/mol. The molecule has 28 heavy (non-hydrogen) atoms. The highest BCUT2D eigenvalue weighted by Gasteiger charge is 2.30. The van der Waals surface area contributed by atoms with Gasteiger partial charge in [-0.1, -0.05) is 12.1 Å². The molecule has 0 bridgehead atoms. The van der Waals surface area contributed by atoms with Crippen molar-refractivity contribution in [3.63, 3.8) is 0 Å². The summed E-state index contributed by atoms with van der Waals surface area (Å²) >= 11 is 0. The van der Waals surface area contributed by atoms with Gasteiger partial charge in [0, 0.05) is 45.2 Å². The van der Waals surface area contributed by atoms with E-state index >= 15 is 0 Å². The Labute approximate surface area is 162 Å². The van der Waals surface area contributed by atoms with Crippen molar-refractivity contribution in [3.8, 4) is 0 Å². The summed E-state index contributed by atoms with van der Waals surface area (Å²) in [6, 6.07) is 8.38. The van der Waals surface area contributed by atoms with Crippen LogP contribution in [-0.4, -0.2) is 50.7 Å². The predicted octanol–water partition coefficient (Wildman–Crippen LogP) is 3.22. The van der Waals surface area contributed by atoms with Gasteiger partial charge in [0.05, 0.1) is 5.56 Å². The van der Waals surface area contributed by atoms with E-state index in [1.165, 1.54) is 18.4 Å². The van der Waals surface area contributed by atoms with Crippen LogP contribution in [0.3, 0.4) is 0 Å². The van der Waals surface area contributed by atoms with E-state index in [2.05, 4.69) is 9.88 Å². The lowest BCUT2D eigenvalue weighted by Crippen LogP contribution is -2.31. The number of benzene rings is 1. The van der Waals surface area contributed by atoms with Gasteiger partial charge in [0.1, 0.15) is 10.7 Å². The lowest BCUT2D eigenvalue weighted by Gasteiger charge is -2.24. The first-order valence-electron chi connectivity index (χ1n) is 8.93. The molecule has 9 heteroatoms. The van der Waals surface area contributed by atoms with Crippen LogP contribution in [0, 0.1) is 0 Å². The van der Waals surface area contributed by atoms with Gasteiger partial charge in [0.15, 0.2) is 9.84 Å². The van der Waals surface area contributed by atoms with Crippen molar-refractivity contribution >= 4 is 15.7 Å². The molecule has 1 saturated heterocycles. The standard InChI is InChI=1S/C19H22F3N3O2S/c1-28(26,27)17-4-2-9-23-18(17)25-11-3-10-24(12-13-25)14-15-5-7-16(8-6-15)19(20,21)22/h2,4-9H,3,10-14H2,1H3. The molecule has 0 atom stereocenters. The number of halogens is 3. The van der Waals surface area contributed by atoms with E-state index in [-0.39, 0.29) is 4.90 Å². The molecule has 1 fully saturated rings. The molecular weight excluding hydrogens is 391 g/mol. The summed E-state index contributed by atoms with van der Waals surface area (Å²) in [5.74, 6) is 0.460. The van der Waals surface area contributed by atoms with Crippen molar-refractivity contribution in [1.82, 2.24) is 9.88 Å². The molecule has 2 aromatic rings. The number of sulfone groups is 1. The highest BCUT2D eigenvalue weighted by molar-refractivity contribution is 7.90. The first kappa shape index (κ1) is 20.6. The molecule has 3 rings (SSSR count). The second-order valence-electron chi connectivity index (χ2n) is 6.91. The second-order valence-corrected chi connectivity index (χ2v) is 8.89. The minimum atomic E-state index is -4.33. The normalized spacial score (nSPS) is 16.8. The Bertz CT molecular complexity index is 915. The first-order chi connectivity index (χ1) is 13.1. The van der Waals surface area contributed by atoms with Crippen LogP contribution in [0.25, 0.3) is 0 Å². The van der Waals surface area contributed by atoms with E-state index in [1.54, 1.807) is 18.3 Å². The highest BCUT2D eigenvalue weighted by Crippen LogP contribution is 2.29. The number of nitrogens with zero attached hydrogens (tertiary/aromatic N) is 3. The number of hydrogen-bond acceptors (Lipinski definition) is 5. The van der Waals surface area contributed by atoms with Gasteiger partial charge in [-0.3, -0.25) is 4.90 Å². The molecule has 0 N–H and O–H groups in total. The largest absolute Gasteiger partial charge is 0.416 e. The van der Waals surface area contributed by atoms with Gasteiger partial charge < -0.3 is 4.90 Å². The topological polar surface area (TPSA) is 53.5 Å². The zero-order chi connectivity index (χ0) is 20.4. The Morgan fingerprint density at radius 3 is 2.39 bits per heavy atom. The minimum absolute atomic E-state index is 0.214. The molecule has 0 aliphatic carbocycles. The van der Waals surface area contributed by atoms with Crippen LogP contribution in [0.15, 0.2) is 47.5 Å². The Hall–Kier alpha value is -2.13. The Morgan fingerprint density at radius 1 is 1.04 bits per heavy atom. The molecule has 0 amide bonds. The SMILES string of the molecule is CS(=O)(=O)c1cccnc1N1CCCN(Cc2ccc(C(F)(F)F)cc2)CC1. The lowest BCUT2D eigenvalue weighted by atomic mass is 10.1. The summed E-state index contributed by atoms with van der Waals surface area (Å²) in [7, 11) is -3.38. The molecule has 1 aromatic carbocycles. The second kappa shape index (κ2) is 8.08. The molecule has 1 aliphatic heterocycles. The van der Waals surface area contributed by atoms with Crippen LogP contribution >= 0.6 is 0 Å². The molecule has 2 heterocycles. The average molecular weight is 413 g/mol. The van der Waals surface area contributed by atoms with Crippen LogP contribution in [0.4, 0.5) is 19.0 Å². The molecule has 152 valence electrons. The maximum Gasteiger partial charge on any atom is 0.416 e. The summed E-state index contributed by atoms with van der Waals surface area (Å²) in [4.78, 5) is 8.61. The summed E-state index contributed by atoms with van der Waals surface area (Å²) in [6.45, 7) is 3.26. The van der Waals surface area contributed by atoms with Gasteiger partial charge in [0.2, 0.25) is 0 Å². The summed E-state index contributed by atoms with van der Waals surface area (Å²) in [6.07, 6.45) is -0.779. The van der Waals surface area contributed by atoms with Gasteiger partial charge in [0.25, 0.3) is 0 Å². The van der Waals surface area contributed by atoms with Gasteiger partial charge in [-0.15, -0.1) is 0 Å². The fraction of sp³-hybridized carbons (Fsp3) is 0.421. The van der Waals surface area contributed by atoms with E-state index < -0.39 is 21.6 Å². The molecular formula is C19H22F3N3O2S. The highest BCUT2D eigenvalue weighted by atomic mass is 32.2. The van der Waals surface area contributed by atoms with E-state index in [0.717, 1.165) is 30.7 Å². The number of pyridine rings is 1. The third kappa shape index (κ3) is 5.02. The van der Waals surface area contributed by atoms with Gasteiger partial charge in [-0.25, -0.2) is 13.4 Å². The number of hydrogen-bond donors (Lipinski definition) is 0. The molecule has 5 nitrogen and oxygen atoms in total. The van der Waals surface area contributed by atoms with Gasteiger partial charge >= 0.3 is 6.18 Å². The van der Waals surface area contributed by atoms with Gasteiger partial charge in [-0.2, -0.15) is 13.2 Å². The van der Waals surface area contributed by atoms with Crippen LogP contribution in [0.2, 0.25) is 0 Å². The average Bonchev–Trinajstić information content (AvgIpc) is 2.86. The number of aromatic nitrogens is 1. The number of anilines is 1. The molecule has 1 aromatic heterocycles. The molecule has 1 aliphatic rings. The van der Waals surface area contributed by atoms with Crippen LogP contribution in [0.5, 0.6) is 0 Å². The van der Waals surface area contributed by atoms with Crippen molar-refractivity contribution in [2.45, 2.75) is 24.0 Å². The third-order valence-corrected chi connectivity index (χ3v) is 5.84. The first-order valence-corrected chi connectivity index (χ1v) is 10.8. The molecule has 0 radical (unpaired) electrons. The lowest BCUT2D eigenvalue weighted by molar-refractivity contribution is -0.137. The van der Waals surface area contributed by atoms with Crippen LogP contribution in [0.1, 0.15) is 17.5 Å². The molecule has 0 unspecified atom stereocenters. The van der Waals surface area contributed by atoms with Crippen LogP contribution in [-0.2, 0) is 22.6 Å². The predicted molar refractivity (Wildman–Crippen MR) is 101 cm³/mol. The van der Waals surface area contributed by atoms with E-state index in [9.17, 15) is 21.6 Å². The summed E-state index contributed by atoms with van der Waals surface area (Å²) in [5.41, 5.74) is 0.165. The fourth-order valence-corrected chi connectivity index (χ4v) is 4.15. The summed E-state index contributed by atoms with van der Waals surface area (Å²) in [5, 5.41) is 0. The van der Waals surface area contributed by atoms with Crippen molar-refractivity contribution in [2.24, 2.45) is 0 Å². The Balaban J connectivity index is 1.68. The quantitative estimate of drug-likeness (QED) is 0.771. The smallest absolute Gasteiger partial charge is 0.354 e. The maximum atomic E-state index is 12.7. The summed E-state index contributed by atoms with van der Waals surface area (Å²) < 4.78 is 62.1. The Kier molecular flexibility index (Phi) is 5.95. The number of rotatable bonds is 4. The zero-order valence-electron chi connectivity index (χ0n) is 15.5. The van der Waals surface area contributed by atoms with Crippen LogP contribution < -0.4 is 4.90 Å². The third-order valence-electron chi connectivity index (χ3n) is 4.73. The van der Waals surface area contributed by atoms with Crippen molar-refractivity contribution in [3.05, 3.63) is 53.7 Å². The van der Waals surface area contributed by atoms with Crippen molar-refractivity contribution in [1.29, 1.82) is 0 Å². The zero-order valence-corrected chi connectivity index (χ0v) is 16.3. The van der Waals surface area contributed by atoms with Crippen molar-refractivity contribution < 1.29 is 21.6 Å². The number of alkyl halides is 3. The van der Waals surface area contributed by atoms with E-state index in [1.807, 2.05) is 4.90 Å². The van der Waals surface area contributed by atoms with E-state index in [4.69, 9.17) is 0 Å². The van der Waals surface area contributed by atoms with Crippen molar-refractivity contribution in [2.75, 3.05) is 37.3 Å². The van der Waals surface area contributed by atoms with Gasteiger partial charge in [-0.05, 0) is 36.2 Å². The van der Waals surface area contributed by atoms with E-state index in [0.29, 0.717) is 32.0 Å². The fourth-order valence-electron chi connectivity index (χ4n) is 3.31.